The van der Waals surface area contributed by atoms with Gasteiger partial charge in [0.25, 0.3) is 11.8 Å². The average Bonchev–Trinajstić information content (AvgIpc) is 2.92. The van der Waals surface area contributed by atoms with E-state index in [4.69, 9.17) is 21.1 Å². The first-order chi connectivity index (χ1) is 13.5. The molecule has 1 N–H and O–H groups in total. The van der Waals surface area contributed by atoms with Gasteiger partial charge >= 0.3 is 0 Å². The molecule has 0 aliphatic carbocycles. The summed E-state index contributed by atoms with van der Waals surface area (Å²) in [6.07, 6.45) is 0. The summed E-state index contributed by atoms with van der Waals surface area (Å²) in [5.74, 6) is 0.561. The fourth-order valence-corrected chi connectivity index (χ4v) is 3.41. The molecule has 0 saturated heterocycles. The standard InChI is InChI=1S/C21H19ClN2O4/c1-12(2)24-20(25)18(13-3-5-14(22)6-4-13)19(21(24)26)23-15-7-8-16-17(11-15)28-10-9-27-16/h3-8,11-12,23H,9-10H2,1-2H3. The normalized spacial score (nSPS) is 16.2. The van der Waals surface area contributed by atoms with Crippen LogP contribution in [0.2, 0.25) is 5.02 Å². The second kappa shape index (κ2) is 7.20. The Bertz CT molecular complexity index is 982. The molecule has 28 heavy (non-hydrogen) atoms. The molecule has 0 unspecified atom stereocenters. The van der Waals surface area contributed by atoms with Crippen LogP contribution in [0, 0.1) is 0 Å². The van der Waals surface area contributed by atoms with Gasteiger partial charge in [0.1, 0.15) is 18.9 Å². The van der Waals surface area contributed by atoms with Crippen LogP contribution in [0.3, 0.4) is 0 Å². The highest BCUT2D eigenvalue weighted by atomic mass is 35.5. The lowest BCUT2D eigenvalue weighted by Crippen LogP contribution is -2.38. The molecule has 2 heterocycles. The minimum absolute atomic E-state index is 0.234. The highest BCUT2D eigenvalue weighted by molar-refractivity contribution is 6.37. The van der Waals surface area contributed by atoms with Gasteiger partial charge in [0, 0.05) is 22.8 Å². The van der Waals surface area contributed by atoms with Crippen LogP contribution < -0.4 is 14.8 Å². The fourth-order valence-electron chi connectivity index (χ4n) is 3.28. The van der Waals surface area contributed by atoms with Gasteiger partial charge in [-0.05, 0) is 43.7 Å². The number of ether oxygens (including phenoxy) is 2. The molecule has 0 spiro atoms. The molecule has 2 aromatic rings. The minimum atomic E-state index is -0.361. The summed E-state index contributed by atoms with van der Waals surface area (Å²) in [5.41, 5.74) is 1.83. The van der Waals surface area contributed by atoms with E-state index >= 15 is 0 Å². The van der Waals surface area contributed by atoms with E-state index in [1.54, 1.807) is 42.5 Å². The molecule has 0 aromatic heterocycles. The number of hydrogen-bond acceptors (Lipinski definition) is 5. The Morgan fingerprint density at radius 3 is 2.32 bits per heavy atom. The summed E-state index contributed by atoms with van der Waals surface area (Å²) in [6, 6.07) is 11.9. The predicted molar refractivity (Wildman–Crippen MR) is 106 cm³/mol. The number of fused-ring (bicyclic) bond motifs is 1. The van der Waals surface area contributed by atoms with Crippen LogP contribution >= 0.6 is 11.6 Å². The summed E-state index contributed by atoms with van der Waals surface area (Å²) in [7, 11) is 0. The molecule has 6 nitrogen and oxygen atoms in total. The summed E-state index contributed by atoms with van der Waals surface area (Å²) < 4.78 is 11.1. The zero-order chi connectivity index (χ0) is 19.8. The van der Waals surface area contributed by atoms with Gasteiger partial charge in [-0.15, -0.1) is 0 Å². The summed E-state index contributed by atoms with van der Waals surface area (Å²) in [4.78, 5) is 27.3. The Labute approximate surface area is 167 Å². The third-order valence-electron chi connectivity index (χ3n) is 4.58. The van der Waals surface area contributed by atoms with Crippen molar-refractivity contribution >= 4 is 34.7 Å². The zero-order valence-corrected chi connectivity index (χ0v) is 16.2. The molecule has 144 valence electrons. The molecule has 2 amide bonds. The molecule has 0 atom stereocenters. The Morgan fingerprint density at radius 1 is 0.964 bits per heavy atom. The largest absolute Gasteiger partial charge is 0.486 e. The average molecular weight is 399 g/mol. The van der Waals surface area contributed by atoms with E-state index in [9.17, 15) is 9.59 Å². The highest BCUT2D eigenvalue weighted by Gasteiger charge is 2.40. The number of hydrogen-bond donors (Lipinski definition) is 1. The summed E-state index contributed by atoms with van der Waals surface area (Å²) >= 11 is 5.98. The Kier molecular flexibility index (Phi) is 4.73. The number of nitrogens with one attached hydrogen (secondary N) is 1. The predicted octanol–water partition coefficient (Wildman–Crippen LogP) is 3.71. The van der Waals surface area contributed by atoms with Crippen LogP contribution in [0.25, 0.3) is 5.57 Å². The number of carbonyl (C=O) groups excluding carboxylic acids is 2. The Morgan fingerprint density at radius 2 is 1.64 bits per heavy atom. The number of rotatable bonds is 4. The number of amides is 2. The van der Waals surface area contributed by atoms with Crippen molar-refractivity contribution in [2.75, 3.05) is 18.5 Å². The van der Waals surface area contributed by atoms with Crippen molar-refractivity contribution < 1.29 is 19.1 Å². The van der Waals surface area contributed by atoms with Crippen LogP contribution in [0.15, 0.2) is 48.2 Å². The molecular weight excluding hydrogens is 380 g/mol. The van der Waals surface area contributed by atoms with E-state index in [1.165, 1.54) is 4.90 Å². The molecule has 0 saturated carbocycles. The first kappa shape index (κ1) is 18.4. The van der Waals surface area contributed by atoms with Crippen molar-refractivity contribution in [1.82, 2.24) is 4.90 Å². The zero-order valence-electron chi connectivity index (χ0n) is 15.5. The van der Waals surface area contributed by atoms with Crippen LogP contribution in [0.1, 0.15) is 19.4 Å². The molecular formula is C21H19ClN2O4. The number of benzene rings is 2. The maximum Gasteiger partial charge on any atom is 0.278 e. The smallest absolute Gasteiger partial charge is 0.278 e. The van der Waals surface area contributed by atoms with Crippen molar-refractivity contribution in [1.29, 1.82) is 0 Å². The fraction of sp³-hybridized carbons (Fsp3) is 0.238. The van der Waals surface area contributed by atoms with E-state index in [0.29, 0.717) is 46.6 Å². The van der Waals surface area contributed by atoms with Gasteiger partial charge in [0.15, 0.2) is 11.5 Å². The molecule has 0 bridgehead atoms. The monoisotopic (exact) mass is 398 g/mol. The maximum absolute atomic E-state index is 13.0. The first-order valence-electron chi connectivity index (χ1n) is 9.00. The van der Waals surface area contributed by atoms with Crippen LogP contribution in [0.5, 0.6) is 11.5 Å². The summed E-state index contributed by atoms with van der Waals surface area (Å²) in [5, 5.41) is 3.68. The number of anilines is 1. The highest BCUT2D eigenvalue weighted by Crippen LogP contribution is 2.36. The number of carbonyl (C=O) groups is 2. The van der Waals surface area contributed by atoms with Crippen molar-refractivity contribution in [3.63, 3.8) is 0 Å². The van der Waals surface area contributed by atoms with Crippen molar-refractivity contribution in [3.05, 3.63) is 58.7 Å². The second-order valence-electron chi connectivity index (χ2n) is 6.81. The van der Waals surface area contributed by atoms with E-state index in [1.807, 2.05) is 13.8 Å². The first-order valence-corrected chi connectivity index (χ1v) is 9.38. The van der Waals surface area contributed by atoms with Crippen LogP contribution in [-0.4, -0.2) is 36.0 Å². The van der Waals surface area contributed by atoms with Crippen LogP contribution in [0.4, 0.5) is 5.69 Å². The lowest BCUT2D eigenvalue weighted by Gasteiger charge is -2.20. The van der Waals surface area contributed by atoms with Crippen molar-refractivity contribution in [3.8, 4) is 11.5 Å². The Balaban J connectivity index is 1.76. The molecule has 4 rings (SSSR count). The van der Waals surface area contributed by atoms with E-state index in [-0.39, 0.29) is 23.6 Å². The molecule has 2 aliphatic rings. The quantitative estimate of drug-likeness (QED) is 0.795. The molecule has 2 aliphatic heterocycles. The van der Waals surface area contributed by atoms with Gasteiger partial charge in [-0.3, -0.25) is 14.5 Å². The summed E-state index contributed by atoms with van der Waals surface area (Å²) in [6.45, 7) is 4.58. The van der Waals surface area contributed by atoms with Gasteiger partial charge in [-0.25, -0.2) is 0 Å². The van der Waals surface area contributed by atoms with Crippen molar-refractivity contribution in [2.45, 2.75) is 19.9 Å². The molecule has 2 aromatic carbocycles. The molecule has 0 radical (unpaired) electrons. The van der Waals surface area contributed by atoms with E-state index in [0.717, 1.165) is 0 Å². The number of nitrogens with zero attached hydrogens (tertiary/aromatic N) is 1. The topological polar surface area (TPSA) is 67.9 Å². The lowest BCUT2D eigenvalue weighted by atomic mass is 10.0. The van der Waals surface area contributed by atoms with E-state index in [2.05, 4.69) is 5.32 Å². The van der Waals surface area contributed by atoms with Gasteiger partial charge < -0.3 is 14.8 Å². The molecule has 7 heteroatoms. The SMILES string of the molecule is CC(C)N1C(=O)C(Nc2ccc3c(c2)OCCO3)=C(c2ccc(Cl)cc2)C1=O. The maximum atomic E-state index is 13.0. The number of imide groups is 1. The molecule has 0 fully saturated rings. The van der Waals surface area contributed by atoms with E-state index < -0.39 is 0 Å². The Hall–Kier alpha value is -2.99. The number of halogens is 1. The van der Waals surface area contributed by atoms with Gasteiger partial charge in [-0.2, -0.15) is 0 Å². The van der Waals surface area contributed by atoms with Gasteiger partial charge in [0.05, 0.1) is 5.57 Å². The van der Waals surface area contributed by atoms with Crippen molar-refractivity contribution in [2.24, 2.45) is 0 Å². The van der Waals surface area contributed by atoms with Gasteiger partial charge in [-0.1, -0.05) is 23.7 Å². The minimum Gasteiger partial charge on any atom is -0.486 e. The third-order valence-corrected chi connectivity index (χ3v) is 4.83. The van der Waals surface area contributed by atoms with Crippen LogP contribution in [-0.2, 0) is 9.59 Å². The second-order valence-corrected chi connectivity index (χ2v) is 7.25. The van der Waals surface area contributed by atoms with Gasteiger partial charge in [0.2, 0.25) is 0 Å². The lowest BCUT2D eigenvalue weighted by molar-refractivity contribution is -0.138. The third kappa shape index (κ3) is 3.20.